The highest BCUT2D eigenvalue weighted by molar-refractivity contribution is 5.79. The van der Waals surface area contributed by atoms with Gasteiger partial charge in [-0.3, -0.25) is 4.79 Å². The number of amides is 1. The van der Waals surface area contributed by atoms with E-state index in [0.29, 0.717) is 6.54 Å². The van der Waals surface area contributed by atoms with Crippen molar-refractivity contribution in [2.75, 3.05) is 21.3 Å². The third kappa shape index (κ3) is 2.53. The molecule has 0 bridgehead atoms. The lowest BCUT2D eigenvalue weighted by atomic mass is 9.94. The molecule has 1 aromatic rings. The fourth-order valence-electron chi connectivity index (χ4n) is 2.62. The van der Waals surface area contributed by atoms with Crippen LogP contribution in [0.1, 0.15) is 24.5 Å². The van der Waals surface area contributed by atoms with Crippen molar-refractivity contribution in [1.82, 2.24) is 4.90 Å². The van der Waals surface area contributed by atoms with Crippen molar-refractivity contribution in [3.8, 4) is 11.5 Å². The fraction of sp³-hybridized carbons (Fsp3) is 0.533. The molecule has 1 heterocycles. The maximum atomic E-state index is 12.2. The van der Waals surface area contributed by atoms with E-state index in [2.05, 4.69) is 6.92 Å². The van der Waals surface area contributed by atoms with Gasteiger partial charge in [-0.2, -0.15) is 0 Å². The number of hydrogen-bond donors (Lipinski definition) is 0. The summed E-state index contributed by atoms with van der Waals surface area (Å²) < 4.78 is 10.7. The van der Waals surface area contributed by atoms with Crippen molar-refractivity contribution < 1.29 is 14.3 Å². The minimum atomic E-state index is 0.0596. The lowest BCUT2D eigenvalue weighted by molar-refractivity contribution is -0.134. The van der Waals surface area contributed by atoms with Gasteiger partial charge in [0.25, 0.3) is 0 Å². The van der Waals surface area contributed by atoms with Crippen molar-refractivity contribution in [3.63, 3.8) is 0 Å². The van der Waals surface area contributed by atoms with Gasteiger partial charge in [-0.05, 0) is 36.1 Å². The van der Waals surface area contributed by atoms with Crippen LogP contribution in [0.4, 0.5) is 0 Å². The number of fused-ring (bicyclic) bond motifs is 1. The molecule has 0 N–H and O–H groups in total. The van der Waals surface area contributed by atoms with E-state index < -0.39 is 0 Å². The van der Waals surface area contributed by atoms with Gasteiger partial charge in [0, 0.05) is 19.5 Å². The Morgan fingerprint density at radius 2 is 1.79 bits per heavy atom. The van der Waals surface area contributed by atoms with E-state index in [1.807, 2.05) is 19.2 Å². The minimum absolute atomic E-state index is 0.0596. The van der Waals surface area contributed by atoms with E-state index in [9.17, 15) is 4.79 Å². The number of carbonyl (C=O) groups excluding carboxylic acids is 1. The first-order chi connectivity index (χ1) is 9.10. The molecule has 0 saturated carbocycles. The van der Waals surface area contributed by atoms with E-state index in [-0.39, 0.29) is 11.8 Å². The Labute approximate surface area is 114 Å². The average molecular weight is 263 g/mol. The van der Waals surface area contributed by atoms with Crippen LogP contribution >= 0.6 is 0 Å². The molecule has 1 unspecified atom stereocenters. The number of methoxy groups -OCH3 is 2. The Bertz CT molecular complexity index is 485. The van der Waals surface area contributed by atoms with E-state index in [1.165, 1.54) is 5.56 Å². The first kappa shape index (κ1) is 13.7. The predicted octanol–water partition coefficient (Wildman–Crippen LogP) is 2.24. The highest BCUT2D eigenvalue weighted by atomic mass is 16.5. The molecule has 4 heteroatoms. The molecule has 0 aromatic heterocycles. The van der Waals surface area contributed by atoms with Crippen LogP contribution in [0.25, 0.3) is 0 Å². The van der Waals surface area contributed by atoms with Gasteiger partial charge in [0.05, 0.1) is 14.2 Å². The lowest BCUT2D eigenvalue weighted by Gasteiger charge is -2.18. The summed E-state index contributed by atoms with van der Waals surface area (Å²) in [6.45, 7) is 2.69. The summed E-state index contributed by atoms with van der Waals surface area (Å²) in [5.74, 6) is 1.73. The quantitative estimate of drug-likeness (QED) is 0.839. The second-order valence-corrected chi connectivity index (χ2v) is 4.98. The first-order valence-electron chi connectivity index (χ1n) is 6.59. The largest absolute Gasteiger partial charge is 0.493 e. The molecule has 1 aliphatic rings. The number of rotatable bonds is 3. The van der Waals surface area contributed by atoms with E-state index in [4.69, 9.17) is 9.47 Å². The summed E-state index contributed by atoms with van der Waals surface area (Å²) in [7, 11) is 5.12. The number of ether oxygens (including phenoxy) is 2. The Morgan fingerprint density at radius 3 is 2.32 bits per heavy atom. The standard InChI is InChI=1S/C15H21NO3/c1-5-10-6-11-7-13(18-3)14(19-4)8-12(11)9-16(2)15(10)17/h7-8,10H,5-6,9H2,1-4H3. The zero-order valence-electron chi connectivity index (χ0n) is 12.0. The molecule has 1 aliphatic heterocycles. The van der Waals surface area contributed by atoms with Crippen LogP contribution in [-0.2, 0) is 17.8 Å². The van der Waals surface area contributed by atoms with Gasteiger partial charge in [0.2, 0.25) is 5.91 Å². The van der Waals surface area contributed by atoms with E-state index in [0.717, 1.165) is 29.9 Å². The molecule has 1 aromatic carbocycles. The van der Waals surface area contributed by atoms with Crippen LogP contribution in [0.15, 0.2) is 12.1 Å². The molecule has 0 radical (unpaired) electrons. The molecule has 19 heavy (non-hydrogen) atoms. The summed E-state index contributed by atoms with van der Waals surface area (Å²) in [5, 5.41) is 0. The van der Waals surface area contributed by atoms with Crippen LogP contribution < -0.4 is 9.47 Å². The smallest absolute Gasteiger partial charge is 0.226 e. The normalized spacial score (nSPS) is 18.8. The van der Waals surface area contributed by atoms with Gasteiger partial charge in [-0.25, -0.2) is 0 Å². The van der Waals surface area contributed by atoms with Crippen LogP contribution in [0.3, 0.4) is 0 Å². The van der Waals surface area contributed by atoms with Gasteiger partial charge < -0.3 is 14.4 Å². The summed E-state index contributed by atoms with van der Waals surface area (Å²) in [6.07, 6.45) is 1.63. The summed E-state index contributed by atoms with van der Waals surface area (Å²) >= 11 is 0. The monoisotopic (exact) mass is 263 g/mol. The number of hydrogen-bond acceptors (Lipinski definition) is 3. The number of carbonyl (C=O) groups is 1. The zero-order valence-corrected chi connectivity index (χ0v) is 12.0. The van der Waals surface area contributed by atoms with Gasteiger partial charge in [-0.15, -0.1) is 0 Å². The van der Waals surface area contributed by atoms with E-state index in [1.54, 1.807) is 19.1 Å². The molecule has 0 aliphatic carbocycles. The van der Waals surface area contributed by atoms with Crippen molar-refractivity contribution in [1.29, 1.82) is 0 Å². The maximum Gasteiger partial charge on any atom is 0.226 e. The maximum absolute atomic E-state index is 12.2. The Morgan fingerprint density at radius 1 is 1.21 bits per heavy atom. The molecule has 1 amide bonds. The number of benzene rings is 1. The SMILES string of the molecule is CCC1Cc2cc(OC)c(OC)cc2CN(C)C1=O. The lowest BCUT2D eigenvalue weighted by Crippen LogP contribution is -2.30. The topological polar surface area (TPSA) is 38.8 Å². The molecule has 2 rings (SSSR count). The summed E-state index contributed by atoms with van der Waals surface area (Å²) in [5.41, 5.74) is 2.33. The van der Waals surface area contributed by atoms with E-state index >= 15 is 0 Å². The van der Waals surface area contributed by atoms with Crippen LogP contribution in [0, 0.1) is 5.92 Å². The summed E-state index contributed by atoms with van der Waals surface area (Å²) in [6, 6.07) is 3.99. The molecular formula is C15H21NO3. The molecule has 0 fully saturated rings. The van der Waals surface area contributed by atoms with Crippen LogP contribution in [0.5, 0.6) is 11.5 Å². The molecule has 0 spiro atoms. The highest BCUT2D eigenvalue weighted by Crippen LogP contribution is 2.34. The second kappa shape index (κ2) is 5.51. The molecule has 4 nitrogen and oxygen atoms in total. The second-order valence-electron chi connectivity index (χ2n) is 4.98. The molecular weight excluding hydrogens is 242 g/mol. The zero-order chi connectivity index (χ0) is 14.0. The fourth-order valence-corrected chi connectivity index (χ4v) is 2.62. The number of nitrogens with zero attached hydrogens (tertiary/aromatic N) is 1. The average Bonchev–Trinajstić information content (AvgIpc) is 2.54. The third-order valence-corrected chi connectivity index (χ3v) is 3.80. The molecule has 1 atom stereocenters. The molecule has 0 saturated heterocycles. The van der Waals surface area contributed by atoms with Crippen molar-refractivity contribution in [2.45, 2.75) is 26.3 Å². The van der Waals surface area contributed by atoms with Crippen LogP contribution in [0.2, 0.25) is 0 Å². The van der Waals surface area contributed by atoms with Gasteiger partial charge in [-0.1, -0.05) is 6.92 Å². The highest BCUT2D eigenvalue weighted by Gasteiger charge is 2.27. The summed E-state index contributed by atoms with van der Waals surface area (Å²) in [4.78, 5) is 14.0. The van der Waals surface area contributed by atoms with Gasteiger partial charge >= 0.3 is 0 Å². The molecule has 104 valence electrons. The predicted molar refractivity (Wildman–Crippen MR) is 73.5 cm³/mol. The Balaban J connectivity index is 2.46. The van der Waals surface area contributed by atoms with Gasteiger partial charge in [0.15, 0.2) is 11.5 Å². The van der Waals surface area contributed by atoms with Crippen LogP contribution in [-0.4, -0.2) is 32.1 Å². The van der Waals surface area contributed by atoms with Crippen molar-refractivity contribution in [2.24, 2.45) is 5.92 Å². The Hall–Kier alpha value is -1.71. The Kier molecular flexibility index (Phi) is 3.98. The first-order valence-corrected chi connectivity index (χ1v) is 6.59. The van der Waals surface area contributed by atoms with Crippen molar-refractivity contribution in [3.05, 3.63) is 23.3 Å². The minimum Gasteiger partial charge on any atom is -0.493 e. The third-order valence-electron chi connectivity index (χ3n) is 3.80. The van der Waals surface area contributed by atoms with Gasteiger partial charge in [0.1, 0.15) is 0 Å². The van der Waals surface area contributed by atoms with Crippen molar-refractivity contribution >= 4 is 5.91 Å².